The van der Waals surface area contributed by atoms with Crippen LogP contribution in [0.3, 0.4) is 0 Å². The van der Waals surface area contributed by atoms with Gasteiger partial charge in [0.25, 0.3) is 0 Å². The van der Waals surface area contributed by atoms with E-state index in [1.165, 1.54) is 28.4 Å². The zero-order valence-electron chi connectivity index (χ0n) is 19.3. The molecule has 0 unspecified atom stereocenters. The van der Waals surface area contributed by atoms with Crippen LogP contribution in [0, 0.1) is 0 Å². The highest BCUT2D eigenvalue weighted by Gasteiger charge is 2.35. The molecule has 1 aliphatic heterocycles. The molecular weight excluding hydrogens is 426 g/mol. The van der Waals surface area contributed by atoms with Crippen LogP contribution in [-0.2, 0) is 25.6 Å². The summed E-state index contributed by atoms with van der Waals surface area (Å²) in [6.07, 6.45) is 3.36. The highest BCUT2D eigenvalue weighted by atomic mass is 16.5. The molecule has 0 aliphatic carbocycles. The molecule has 0 amide bonds. The fourth-order valence-electron chi connectivity index (χ4n) is 3.75. The Labute approximate surface area is 192 Å². The van der Waals surface area contributed by atoms with Crippen molar-refractivity contribution in [3.63, 3.8) is 0 Å². The first kappa shape index (κ1) is 23.7. The van der Waals surface area contributed by atoms with Gasteiger partial charge < -0.3 is 28.6 Å². The maximum atomic E-state index is 12.8. The zero-order chi connectivity index (χ0) is 24.0. The number of rotatable bonds is 8. The minimum absolute atomic E-state index is 0.288. The van der Waals surface area contributed by atoms with Crippen molar-refractivity contribution in [2.24, 2.45) is 0 Å². The van der Waals surface area contributed by atoms with Crippen molar-refractivity contribution in [3.8, 4) is 17.2 Å². The molecule has 2 aromatic carbocycles. The Hall–Kier alpha value is -3.94. The molecule has 0 saturated heterocycles. The second-order valence-electron chi connectivity index (χ2n) is 7.22. The summed E-state index contributed by atoms with van der Waals surface area (Å²) in [5, 5.41) is 0. The molecule has 174 valence electrons. The highest BCUT2D eigenvalue weighted by molar-refractivity contribution is 5.98. The van der Waals surface area contributed by atoms with Gasteiger partial charge in [-0.05, 0) is 35.4 Å². The van der Waals surface area contributed by atoms with E-state index < -0.39 is 17.9 Å². The molecule has 0 spiro atoms. The molecule has 8 heteroatoms. The predicted octanol–water partition coefficient (Wildman–Crippen LogP) is 3.43. The van der Waals surface area contributed by atoms with Crippen LogP contribution in [0.2, 0.25) is 0 Å². The monoisotopic (exact) mass is 453 g/mol. The molecule has 0 fully saturated rings. The molecule has 1 aliphatic rings. The van der Waals surface area contributed by atoms with Gasteiger partial charge in [-0.2, -0.15) is 0 Å². The van der Waals surface area contributed by atoms with Crippen molar-refractivity contribution < 1.29 is 33.3 Å². The van der Waals surface area contributed by atoms with Crippen molar-refractivity contribution >= 4 is 11.9 Å². The Kier molecular flexibility index (Phi) is 7.61. The van der Waals surface area contributed by atoms with Gasteiger partial charge in [0.2, 0.25) is 0 Å². The number of carbonyl (C=O) groups excluding carboxylic acids is 2. The fourth-order valence-corrected chi connectivity index (χ4v) is 3.75. The number of benzene rings is 2. The topological polar surface area (TPSA) is 83.5 Å². The van der Waals surface area contributed by atoms with Gasteiger partial charge in [0.05, 0.1) is 52.6 Å². The van der Waals surface area contributed by atoms with Crippen LogP contribution in [0.4, 0.5) is 0 Å². The van der Waals surface area contributed by atoms with Crippen molar-refractivity contribution in [1.82, 2.24) is 4.90 Å². The molecule has 0 atom stereocenters. The molecule has 8 nitrogen and oxygen atoms in total. The molecule has 1 heterocycles. The molecule has 0 radical (unpaired) electrons. The van der Waals surface area contributed by atoms with Gasteiger partial charge in [-0.3, -0.25) is 0 Å². The number of methoxy groups -OCH3 is 5. The summed E-state index contributed by atoms with van der Waals surface area (Å²) in [6.45, 7) is 0.400. The van der Waals surface area contributed by atoms with Crippen molar-refractivity contribution in [1.29, 1.82) is 0 Å². The molecule has 3 rings (SSSR count). The second kappa shape index (κ2) is 10.6. The van der Waals surface area contributed by atoms with Crippen LogP contribution in [0.1, 0.15) is 17.0 Å². The summed E-state index contributed by atoms with van der Waals surface area (Å²) in [6, 6.07) is 12.8. The van der Waals surface area contributed by atoms with E-state index in [9.17, 15) is 9.59 Å². The van der Waals surface area contributed by atoms with Gasteiger partial charge in [-0.1, -0.05) is 18.2 Å². The molecule has 0 bridgehead atoms. The molecule has 0 saturated carbocycles. The van der Waals surface area contributed by atoms with Gasteiger partial charge >= 0.3 is 11.9 Å². The summed E-state index contributed by atoms with van der Waals surface area (Å²) in [5.41, 5.74) is 2.16. The summed E-state index contributed by atoms with van der Waals surface area (Å²) in [7, 11) is 7.26. The van der Waals surface area contributed by atoms with E-state index >= 15 is 0 Å². The minimum Gasteiger partial charge on any atom is -0.497 e. The van der Waals surface area contributed by atoms with E-state index in [1.807, 2.05) is 24.3 Å². The first-order valence-electron chi connectivity index (χ1n) is 10.2. The summed E-state index contributed by atoms with van der Waals surface area (Å²) >= 11 is 0. The third-order valence-corrected chi connectivity index (χ3v) is 5.31. The van der Waals surface area contributed by atoms with E-state index in [0.717, 1.165) is 5.56 Å². The third-order valence-electron chi connectivity index (χ3n) is 5.31. The molecule has 2 aromatic rings. The average Bonchev–Trinajstić information content (AvgIpc) is 2.86. The Balaban J connectivity index is 2.10. The van der Waals surface area contributed by atoms with Gasteiger partial charge in [0.1, 0.15) is 5.75 Å². The first-order chi connectivity index (χ1) is 15.9. The maximum absolute atomic E-state index is 12.8. The Morgan fingerprint density at radius 3 is 1.97 bits per heavy atom. The molecular formula is C25H27NO7. The van der Waals surface area contributed by atoms with E-state index in [1.54, 1.807) is 42.6 Å². The van der Waals surface area contributed by atoms with Crippen LogP contribution in [-0.4, -0.2) is 52.4 Å². The second-order valence-corrected chi connectivity index (χ2v) is 7.22. The van der Waals surface area contributed by atoms with Gasteiger partial charge in [-0.25, -0.2) is 9.59 Å². The van der Waals surface area contributed by atoms with Crippen LogP contribution in [0.25, 0.3) is 0 Å². The largest absolute Gasteiger partial charge is 0.497 e. The number of nitrogens with zero attached hydrogens (tertiary/aromatic N) is 1. The summed E-state index contributed by atoms with van der Waals surface area (Å²) in [5.74, 6) is -0.112. The Morgan fingerprint density at radius 1 is 0.788 bits per heavy atom. The summed E-state index contributed by atoms with van der Waals surface area (Å²) < 4.78 is 26.1. The quantitative estimate of drug-likeness (QED) is 0.563. The Bertz CT molecular complexity index is 1060. The number of esters is 2. The average molecular weight is 453 g/mol. The lowest BCUT2D eigenvalue weighted by Crippen LogP contribution is -2.28. The lowest BCUT2D eigenvalue weighted by molar-refractivity contribution is -0.137. The number of ether oxygens (including phenoxy) is 5. The minimum atomic E-state index is -0.716. The van der Waals surface area contributed by atoms with Crippen LogP contribution >= 0.6 is 0 Å². The third kappa shape index (κ3) is 5.11. The van der Waals surface area contributed by atoms with E-state index in [0.29, 0.717) is 29.4 Å². The lowest BCUT2D eigenvalue weighted by atomic mass is 9.83. The number of carbonyl (C=O) groups is 2. The zero-order valence-corrected chi connectivity index (χ0v) is 19.3. The van der Waals surface area contributed by atoms with Crippen molar-refractivity contribution in [2.75, 3.05) is 35.5 Å². The molecule has 0 aromatic heterocycles. The fraction of sp³-hybridized carbons (Fsp3) is 0.280. The molecule has 33 heavy (non-hydrogen) atoms. The standard InChI is InChI=1S/C25H27NO7/c1-29-18-8-6-7-16(11-18)13-26-14-19(24(27)32-4)23(20(15-26)25(28)33-5)17-9-10-21(30-2)22(12-17)31-3/h6-12,14-15,23H,13H2,1-5H3. The van der Waals surface area contributed by atoms with Gasteiger partial charge in [0.15, 0.2) is 11.5 Å². The van der Waals surface area contributed by atoms with Gasteiger partial charge in [0, 0.05) is 18.9 Å². The normalized spacial score (nSPS) is 13.5. The van der Waals surface area contributed by atoms with Crippen LogP contribution in [0.5, 0.6) is 17.2 Å². The van der Waals surface area contributed by atoms with Crippen molar-refractivity contribution in [3.05, 3.63) is 77.1 Å². The predicted molar refractivity (Wildman–Crippen MR) is 121 cm³/mol. The van der Waals surface area contributed by atoms with Gasteiger partial charge in [-0.15, -0.1) is 0 Å². The van der Waals surface area contributed by atoms with E-state index in [2.05, 4.69) is 0 Å². The molecule has 0 N–H and O–H groups in total. The summed E-state index contributed by atoms with van der Waals surface area (Å²) in [4.78, 5) is 27.4. The highest BCUT2D eigenvalue weighted by Crippen LogP contribution is 2.40. The Morgan fingerprint density at radius 2 is 1.42 bits per heavy atom. The maximum Gasteiger partial charge on any atom is 0.336 e. The first-order valence-corrected chi connectivity index (χ1v) is 10.2. The number of hydrogen-bond acceptors (Lipinski definition) is 8. The van der Waals surface area contributed by atoms with Crippen LogP contribution < -0.4 is 14.2 Å². The SMILES string of the molecule is COC(=O)C1=CN(Cc2cccc(OC)c2)C=C(C(=O)OC)C1c1ccc(OC)c(OC)c1. The smallest absolute Gasteiger partial charge is 0.336 e. The van der Waals surface area contributed by atoms with E-state index in [4.69, 9.17) is 23.7 Å². The van der Waals surface area contributed by atoms with Crippen LogP contribution in [0.15, 0.2) is 66.0 Å². The number of hydrogen-bond donors (Lipinski definition) is 0. The lowest BCUT2D eigenvalue weighted by Gasteiger charge is -2.30. The van der Waals surface area contributed by atoms with Crippen molar-refractivity contribution in [2.45, 2.75) is 12.5 Å². The van der Waals surface area contributed by atoms with E-state index in [-0.39, 0.29) is 11.1 Å².